The fourth-order valence-electron chi connectivity index (χ4n) is 3.06. The molecule has 3 nitrogen and oxygen atoms in total. The largest absolute Gasteiger partial charge is 0.490 e. The molecule has 1 spiro atoms. The minimum Gasteiger partial charge on any atom is -0.490 e. The quantitative estimate of drug-likeness (QED) is 0.819. The summed E-state index contributed by atoms with van der Waals surface area (Å²) in [6.45, 7) is 4.53. The van der Waals surface area contributed by atoms with Crippen molar-refractivity contribution in [3.8, 4) is 5.75 Å². The highest BCUT2D eigenvalue weighted by atomic mass is 16.5. The summed E-state index contributed by atoms with van der Waals surface area (Å²) in [5, 5.41) is 0. The molecule has 0 aliphatic carbocycles. The molecule has 19 heavy (non-hydrogen) atoms. The first-order valence-electron chi connectivity index (χ1n) is 7.21. The number of rotatable bonds is 2. The minimum atomic E-state index is 0.00495. The average molecular weight is 262 g/mol. The fraction of sp³-hybridized carbons (Fsp3) is 0.625. The molecular weight excluding hydrogens is 240 g/mol. The van der Waals surface area contributed by atoms with E-state index in [0.29, 0.717) is 0 Å². The van der Waals surface area contributed by atoms with Crippen LogP contribution in [0.5, 0.6) is 5.75 Å². The van der Waals surface area contributed by atoms with Gasteiger partial charge in [-0.3, -0.25) is 0 Å². The van der Waals surface area contributed by atoms with Crippen LogP contribution in [-0.4, -0.2) is 31.5 Å². The maximum absolute atomic E-state index is 6.14. The predicted molar refractivity (Wildman–Crippen MR) is 73.6 cm³/mol. The predicted octanol–water partition coefficient (Wildman–Crippen LogP) is 3.10. The van der Waals surface area contributed by atoms with Crippen LogP contribution in [0.4, 0.5) is 0 Å². The number of hydrogen-bond acceptors (Lipinski definition) is 3. The maximum atomic E-state index is 6.14. The van der Waals surface area contributed by atoms with E-state index in [2.05, 4.69) is 19.1 Å². The van der Waals surface area contributed by atoms with Crippen LogP contribution >= 0.6 is 0 Å². The van der Waals surface area contributed by atoms with Gasteiger partial charge in [0.2, 0.25) is 0 Å². The Morgan fingerprint density at radius 3 is 2.84 bits per heavy atom. The molecule has 1 aromatic carbocycles. The second-order valence-corrected chi connectivity index (χ2v) is 5.69. The molecule has 1 aromatic rings. The fourth-order valence-corrected chi connectivity index (χ4v) is 3.06. The molecule has 2 fully saturated rings. The highest BCUT2D eigenvalue weighted by Gasteiger charge is 2.39. The highest BCUT2D eigenvalue weighted by Crippen LogP contribution is 2.35. The molecule has 104 valence electrons. The van der Waals surface area contributed by atoms with Crippen molar-refractivity contribution in [2.45, 2.75) is 44.3 Å². The Balaban J connectivity index is 1.65. The zero-order chi connectivity index (χ0) is 13.1. The second kappa shape index (κ2) is 5.51. The van der Waals surface area contributed by atoms with Crippen molar-refractivity contribution < 1.29 is 14.2 Å². The van der Waals surface area contributed by atoms with Gasteiger partial charge in [-0.2, -0.15) is 0 Å². The molecule has 0 N–H and O–H groups in total. The first-order valence-corrected chi connectivity index (χ1v) is 7.21. The molecular formula is C16H22O3. The van der Waals surface area contributed by atoms with Crippen molar-refractivity contribution in [1.82, 2.24) is 0 Å². The van der Waals surface area contributed by atoms with Crippen molar-refractivity contribution in [3.05, 3.63) is 29.8 Å². The lowest BCUT2D eigenvalue weighted by Crippen LogP contribution is -2.47. The summed E-state index contributed by atoms with van der Waals surface area (Å²) < 4.78 is 17.6. The van der Waals surface area contributed by atoms with E-state index < -0.39 is 0 Å². The Hall–Kier alpha value is -1.06. The Labute approximate surface area is 114 Å². The Morgan fingerprint density at radius 1 is 1.21 bits per heavy atom. The van der Waals surface area contributed by atoms with Crippen molar-refractivity contribution in [2.24, 2.45) is 0 Å². The summed E-state index contributed by atoms with van der Waals surface area (Å²) in [7, 11) is 0. The third kappa shape index (κ3) is 3.10. The van der Waals surface area contributed by atoms with Crippen LogP contribution in [0.1, 0.15) is 31.2 Å². The van der Waals surface area contributed by atoms with Gasteiger partial charge in [0.1, 0.15) is 11.9 Å². The van der Waals surface area contributed by atoms with Crippen LogP contribution in [0.15, 0.2) is 24.3 Å². The molecule has 2 saturated heterocycles. The molecule has 1 atom stereocenters. The van der Waals surface area contributed by atoms with Gasteiger partial charge in [-0.25, -0.2) is 0 Å². The third-order valence-corrected chi connectivity index (χ3v) is 4.14. The summed E-state index contributed by atoms with van der Waals surface area (Å²) in [6.07, 6.45) is 4.25. The van der Waals surface area contributed by atoms with Crippen LogP contribution in [-0.2, 0) is 9.47 Å². The number of aryl methyl sites for hydroxylation is 1. The van der Waals surface area contributed by atoms with E-state index >= 15 is 0 Å². The number of hydrogen-bond donors (Lipinski definition) is 0. The van der Waals surface area contributed by atoms with Gasteiger partial charge in [0, 0.05) is 26.1 Å². The lowest BCUT2D eigenvalue weighted by Gasteiger charge is -2.43. The Bertz CT molecular complexity index is 418. The van der Waals surface area contributed by atoms with E-state index in [1.165, 1.54) is 5.56 Å². The first kappa shape index (κ1) is 12.9. The van der Waals surface area contributed by atoms with Gasteiger partial charge in [0.05, 0.1) is 12.2 Å². The van der Waals surface area contributed by atoms with Crippen molar-refractivity contribution in [1.29, 1.82) is 0 Å². The zero-order valence-electron chi connectivity index (χ0n) is 11.6. The molecule has 0 radical (unpaired) electrons. The summed E-state index contributed by atoms with van der Waals surface area (Å²) in [5.74, 6) is 0.981. The normalized spacial score (nSPS) is 26.3. The van der Waals surface area contributed by atoms with Gasteiger partial charge in [-0.1, -0.05) is 12.1 Å². The van der Waals surface area contributed by atoms with E-state index in [0.717, 1.165) is 51.3 Å². The van der Waals surface area contributed by atoms with E-state index in [1.807, 2.05) is 12.1 Å². The van der Waals surface area contributed by atoms with Crippen molar-refractivity contribution >= 4 is 0 Å². The summed E-state index contributed by atoms with van der Waals surface area (Å²) in [5.41, 5.74) is 1.25. The van der Waals surface area contributed by atoms with E-state index in [9.17, 15) is 0 Å². The van der Waals surface area contributed by atoms with Crippen molar-refractivity contribution in [2.75, 3.05) is 19.8 Å². The molecule has 1 unspecified atom stereocenters. The topological polar surface area (TPSA) is 27.7 Å². The molecule has 2 heterocycles. The van der Waals surface area contributed by atoms with E-state index in [-0.39, 0.29) is 11.7 Å². The molecule has 0 bridgehead atoms. The standard InChI is InChI=1S/C16H22O3/c1-13-3-2-4-14(11-13)19-15-5-8-18-16(12-15)6-9-17-10-7-16/h2-4,11,15H,5-10,12H2,1H3. The van der Waals surface area contributed by atoms with Gasteiger partial charge in [-0.05, 0) is 37.5 Å². The number of ether oxygens (including phenoxy) is 3. The SMILES string of the molecule is Cc1cccc(OC2CCOC3(CCOCC3)C2)c1. The van der Waals surface area contributed by atoms with Gasteiger partial charge < -0.3 is 14.2 Å². The highest BCUT2D eigenvalue weighted by molar-refractivity contribution is 5.27. The molecule has 2 aliphatic rings. The number of benzene rings is 1. The average Bonchev–Trinajstić information content (AvgIpc) is 2.40. The van der Waals surface area contributed by atoms with E-state index in [4.69, 9.17) is 14.2 Å². The lowest BCUT2D eigenvalue weighted by molar-refractivity contribution is -0.155. The van der Waals surface area contributed by atoms with Gasteiger partial charge >= 0.3 is 0 Å². The van der Waals surface area contributed by atoms with Crippen LogP contribution in [0.2, 0.25) is 0 Å². The van der Waals surface area contributed by atoms with Gasteiger partial charge in [0.25, 0.3) is 0 Å². The van der Waals surface area contributed by atoms with Gasteiger partial charge in [0.15, 0.2) is 0 Å². The first-order chi connectivity index (χ1) is 9.26. The monoisotopic (exact) mass is 262 g/mol. The molecule has 0 amide bonds. The molecule has 3 rings (SSSR count). The molecule has 0 saturated carbocycles. The van der Waals surface area contributed by atoms with Crippen LogP contribution < -0.4 is 4.74 Å². The zero-order valence-corrected chi connectivity index (χ0v) is 11.6. The Morgan fingerprint density at radius 2 is 2.05 bits per heavy atom. The molecule has 3 heteroatoms. The summed E-state index contributed by atoms with van der Waals surface area (Å²) >= 11 is 0. The van der Waals surface area contributed by atoms with E-state index in [1.54, 1.807) is 0 Å². The summed E-state index contributed by atoms with van der Waals surface area (Å²) in [6, 6.07) is 8.29. The van der Waals surface area contributed by atoms with Crippen LogP contribution in [0.25, 0.3) is 0 Å². The summed E-state index contributed by atoms with van der Waals surface area (Å²) in [4.78, 5) is 0. The van der Waals surface area contributed by atoms with Crippen LogP contribution in [0.3, 0.4) is 0 Å². The smallest absolute Gasteiger partial charge is 0.119 e. The second-order valence-electron chi connectivity index (χ2n) is 5.69. The van der Waals surface area contributed by atoms with Crippen LogP contribution in [0, 0.1) is 6.92 Å². The lowest BCUT2D eigenvalue weighted by atomic mass is 9.85. The third-order valence-electron chi connectivity index (χ3n) is 4.14. The maximum Gasteiger partial charge on any atom is 0.119 e. The minimum absolute atomic E-state index is 0.00495. The van der Waals surface area contributed by atoms with Crippen molar-refractivity contribution in [3.63, 3.8) is 0 Å². The molecule has 2 aliphatic heterocycles. The molecule has 0 aromatic heterocycles. The Kier molecular flexibility index (Phi) is 3.76. The van der Waals surface area contributed by atoms with Gasteiger partial charge in [-0.15, -0.1) is 0 Å².